The fraction of sp³-hybridized carbons (Fsp3) is 0.273. The molecule has 3 rings (SSSR count). The lowest BCUT2D eigenvalue weighted by Crippen LogP contribution is -2.07. The summed E-state index contributed by atoms with van der Waals surface area (Å²) in [4.78, 5) is 12.3. The molecule has 92 valence electrons. The number of aromatic amines is 1. The minimum atomic E-state index is 0.752. The third-order valence-corrected chi connectivity index (χ3v) is 2.69. The van der Waals surface area contributed by atoms with E-state index < -0.39 is 0 Å². The number of fused-ring (bicyclic) bond motifs is 1. The van der Waals surface area contributed by atoms with E-state index in [4.69, 9.17) is 0 Å². The van der Waals surface area contributed by atoms with Crippen LogP contribution in [-0.2, 0) is 6.54 Å². The van der Waals surface area contributed by atoms with Crippen molar-refractivity contribution >= 4 is 16.9 Å². The van der Waals surface area contributed by atoms with Crippen LogP contribution in [0.25, 0.3) is 11.0 Å². The SMILES string of the molecule is c1cn(CCCNc2ncnc3[nH]ncc23)cn1. The van der Waals surface area contributed by atoms with Crippen LogP contribution in [0.1, 0.15) is 6.42 Å². The summed E-state index contributed by atoms with van der Waals surface area (Å²) in [6, 6.07) is 0. The van der Waals surface area contributed by atoms with Crippen LogP contribution in [0.5, 0.6) is 0 Å². The van der Waals surface area contributed by atoms with Gasteiger partial charge >= 0.3 is 0 Å². The lowest BCUT2D eigenvalue weighted by atomic mass is 10.3. The van der Waals surface area contributed by atoms with Crippen molar-refractivity contribution in [2.75, 3.05) is 11.9 Å². The Labute approximate surface area is 103 Å². The highest BCUT2D eigenvalue weighted by Gasteiger charge is 2.03. The van der Waals surface area contributed by atoms with Crippen LogP contribution >= 0.6 is 0 Å². The fourth-order valence-corrected chi connectivity index (χ4v) is 1.79. The Morgan fingerprint density at radius 2 is 2.33 bits per heavy atom. The van der Waals surface area contributed by atoms with E-state index in [-0.39, 0.29) is 0 Å². The van der Waals surface area contributed by atoms with Gasteiger partial charge in [0, 0.05) is 25.5 Å². The zero-order chi connectivity index (χ0) is 12.2. The second kappa shape index (κ2) is 4.82. The molecule has 0 aromatic carbocycles. The van der Waals surface area contributed by atoms with Gasteiger partial charge in [-0.3, -0.25) is 5.10 Å². The molecule has 0 aliphatic rings. The summed E-state index contributed by atoms with van der Waals surface area (Å²) in [5.41, 5.74) is 0.752. The quantitative estimate of drug-likeness (QED) is 0.654. The number of nitrogens with zero attached hydrogens (tertiary/aromatic N) is 5. The van der Waals surface area contributed by atoms with Gasteiger partial charge in [-0.1, -0.05) is 0 Å². The van der Waals surface area contributed by atoms with Gasteiger partial charge in [-0.15, -0.1) is 0 Å². The zero-order valence-electron chi connectivity index (χ0n) is 9.74. The van der Waals surface area contributed by atoms with E-state index in [2.05, 4.69) is 35.0 Å². The predicted octanol–water partition coefficient (Wildman–Crippen LogP) is 1.05. The first-order valence-electron chi connectivity index (χ1n) is 5.77. The molecule has 0 fully saturated rings. The van der Waals surface area contributed by atoms with Crippen LogP contribution in [0.2, 0.25) is 0 Å². The molecule has 3 aromatic heterocycles. The van der Waals surface area contributed by atoms with Gasteiger partial charge < -0.3 is 9.88 Å². The average Bonchev–Trinajstić information content (AvgIpc) is 3.05. The first-order chi connectivity index (χ1) is 8.93. The zero-order valence-corrected chi connectivity index (χ0v) is 9.74. The van der Waals surface area contributed by atoms with Crippen LogP contribution in [0, 0.1) is 0 Å². The third kappa shape index (κ3) is 2.15. The van der Waals surface area contributed by atoms with Gasteiger partial charge in [0.2, 0.25) is 0 Å². The molecular formula is C11H13N7. The number of nitrogens with one attached hydrogen (secondary N) is 2. The Bertz CT molecular complexity index is 613. The largest absolute Gasteiger partial charge is 0.369 e. The molecule has 0 amide bonds. The van der Waals surface area contributed by atoms with E-state index in [1.807, 2.05) is 12.5 Å². The lowest BCUT2D eigenvalue weighted by Gasteiger charge is -2.06. The smallest absolute Gasteiger partial charge is 0.160 e. The van der Waals surface area contributed by atoms with Crippen molar-refractivity contribution in [1.29, 1.82) is 0 Å². The highest BCUT2D eigenvalue weighted by atomic mass is 15.2. The maximum absolute atomic E-state index is 4.21. The van der Waals surface area contributed by atoms with Crippen LogP contribution in [0.15, 0.2) is 31.2 Å². The normalized spacial score (nSPS) is 10.9. The lowest BCUT2D eigenvalue weighted by molar-refractivity contribution is 0.660. The van der Waals surface area contributed by atoms with Crippen molar-refractivity contribution < 1.29 is 0 Å². The average molecular weight is 243 g/mol. The molecule has 3 aromatic rings. The summed E-state index contributed by atoms with van der Waals surface area (Å²) >= 11 is 0. The van der Waals surface area contributed by atoms with Gasteiger partial charge in [0.1, 0.15) is 12.1 Å². The second-order valence-electron chi connectivity index (χ2n) is 3.94. The molecule has 2 N–H and O–H groups in total. The molecule has 0 bridgehead atoms. The topological polar surface area (TPSA) is 84.3 Å². The number of hydrogen-bond acceptors (Lipinski definition) is 5. The van der Waals surface area contributed by atoms with Crippen molar-refractivity contribution in [3.05, 3.63) is 31.2 Å². The van der Waals surface area contributed by atoms with E-state index in [0.717, 1.165) is 36.4 Å². The van der Waals surface area contributed by atoms with Crippen molar-refractivity contribution in [2.45, 2.75) is 13.0 Å². The minimum absolute atomic E-state index is 0.752. The van der Waals surface area contributed by atoms with E-state index >= 15 is 0 Å². The maximum Gasteiger partial charge on any atom is 0.160 e. The summed E-state index contributed by atoms with van der Waals surface area (Å²) in [5.74, 6) is 0.819. The van der Waals surface area contributed by atoms with Gasteiger partial charge in [0.25, 0.3) is 0 Å². The molecule has 0 atom stereocenters. The predicted molar refractivity (Wildman–Crippen MR) is 67.0 cm³/mol. The summed E-state index contributed by atoms with van der Waals surface area (Å²) in [7, 11) is 0. The molecule has 0 aliphatic heterocycles. The van der Waals surface area contributed by atoms with Crippen LogP contribution in [0.4, 0.5) is 5.82 Å². The molecule has 0 aliphatic carbocycles. The van der Waals surface area contributed by atoms with Crippen molar-refractivity contribution in [1.82, 2.24) is 29.7 Å². The van der Waals surface area contributed by atoms with Gasteiger partial charge in [0.05, 0.1) is 17.9 Å². The third-order valence-electron chi connectivity index (χ3n) is 2.69. The summed E-state index contributed by atoms with van der Waals surface area (Å²) in [5, 5.41) is 11.0. The Balaban J connectivity index is 1.58. The standard InChI is InChI=1S/C11H13N7/c1(4-18-5-3-12-8-18)2-13-10-9-6-16-17-11(9)15-7-14-10/h3,5-8H,1-2,4H2,(H2,13,14,15,16,17). The number of anilines is 1. The molecule has 7 heteroatoms. The number of aryl methyl sites for hydroxylation is 1. The molecule has 0 unspecified atom stereocenters. The summed E-state index contributed by atoms with van der Waals surface area (Å²) < 4.78 is 2.05. The monoisotopic (exact) mass is 243 g/mol. The molecule has 0 spiro atoms. The Kier molecular flexibility index (Phi) is 2.87. The van der Waals surface area contributed by atoms with Gasteiger partial charge in [-0.2, -0.15) is 5.10 Å². The van der Waals surface area contributed by atoms with Crippen molar-refractivity contribution in [2.24, 2.45) is 0 Å². The van der Waals surface area contributed by atoms with E-state index in [0.29, 0.717) is 0 Å². The van der Waals surface area contributed by atoms with Gasteiger partial charge in [0.15, 0.2) is 5.65 Å². The first-order valence-corrected chi connectivity index (χ1v) is 5.77. The fourth-order valence-electron chi connectivity index (χ4n) is 1.79. The number of rotatable bonds is 5. The Morgan fingerprint density at radius 1 is 1.33 bits per heavy atom. The van der Waals surface area contributed by atoms with E-state index in [1.54, 1.807) is 12.4 Å². The van der Waals surface area contributed by atoms with Crippen LogP contribution < -0.4 is 5.32 Å². The molecule has 18 heavy (non-hydrogen) atoms. The van der Waals surface area contributed by atoms with Crippen LogP contribution in [-0.4, -0.2) is 36.3 Å². The molecular weight excluding hydrogens is 230 g/mol. The van der Waals surface area contributed by atoms with Gasteiger partial charge in [-0.05, 0) is 6.42 Å². The summed E-state index contributed by atoms with van der Waals surface area (Å²) in [6.07, 6.45) is 9.82. The number of hydrogen-bond donors (Lipinski definition) is 2. The summed E-state index contributed by atoms with van der Waals surface area (Å²) in [6.45, 7) is 1.78. The minimum Gasteiger partial charge on any atom is -0.369 e. The molecule has 0 radical (unpaired) electrons. The maximum atomic E-state index is 4.21. The van der Waals surface area contributed by atoms with Gasteiger partial charge in [-0.25, -0.2) is 15.0 Å². The Hall–Kier alpha value is -2.44. The molecule has 0 saturated carbocycles. The molecule has 3 heterocycles. The highest BCUT2D eigenvalue weighted by molar-refractivity contribution is 5.85. The number of H-pyrrole nitrogens is 1. The molecule has 0 saturated heterocycles. The highest BCUT2D eigenvalue weighted by Crippen LogP contribution is 2.15. The van der Waals surface area contributed by atoms with E-state index in [1.165, 1.54) is 6.33 Å². The second-order valence-corrected chi connectivity index (χ2v) is 3.94. The number of aromatic nitrogens is 6. The van der Waals surface area contributed by atoms with E-state index in [9.17, 15) is 0 Å². The van der Waals surface area contributed by atoms with Crippen LogP contribution in [0.3, 0.4) is 0 Å². The van der Waals surface area contributed by atoms with Crippen molar-refractivity contribution in [3.63, 3.8) is 0 Å². The first kappa shape index (κ1) is 10.7. The molecule has 7 nitrogen and oxygen atoms in total. The number of imidazole rings is 1. The van der Waals surface area contributed by atoms with Crippen molar-refractivity contribution in [3.8, 4) is 0 Å². The Morgan fingerprint density at radius 3 is 3.22 bits per heavy atom.